The monoisotopic (exact) mass is 224 g/mol. The van der Waals surface area contributed by atoms with E-state index in [0.717, 1.165) is 5.56 Å². The molecule has 0 amide bonds. The number of ketones is 1. The second-order valence-electron chi connectivity index (χ2n) is 2.46. The molecule has 2 heteroatoms. The summed E-state index contributed by atoms with van der Waals surface area (Å²) < 4.78 is 0.605. The summed E-state index contributed by atoms with van der Waals surface area (Å²) in [6.07, 6.45) is 1.81. The van der Waals surface area contributed by atoms with E-state index in [9.17, 15) is 4.79 Å². The third-order valence-corrected chi connectivity index (χ3v) is 2.22. The van der Waals surface area contributed by atoms with Crippen LogP contribution in [-0.4, -0.2) is 5.78 Å². The molecule has 0 atom stereocenters. The maximum absolute atomic E-state index is 10.8. The lowest BCUT2D eigenvalue weighted by Crippen LogP contribution is -1.87. The van der Waals surface area contributed by atoms with Crippen LogP contribution in [0.5, 0.6) is 0 Å². The number of allylic oxidation sites excluding steroid dienone is 1. The van der Waals surface area contributed by atoms with Gasteiger partial charge in [0.1, 0.15) is 0 Å². The summed E-state index contributed by atoms with van der Waals surface area (Å²) in [5, 5.41) is 0. The van der Waals surface area contributed by atoms with Crippen molar-refractivity contribution in [3.05, 3.63) is 40.4 Å². The third-order valence-electron chi connectivity index (χ3n) is 1.43. The fourth-order valence-electron chi connectivity index (χ4n) is 0.797. The van der Waals surface area contributed by atoms with E-state index >= 15 is 0 Å². The van der Waals surface area contributed by atoms with Crippen LogP contribution in [0.4, 0.5) is 0 Å². The zero-order chi connectivity index (χ0) is 8.97. The minimum absolute atomic E-state index is 0.0406. The zero-order valence-electron chi connectivity index (χ0n) is 6.75. The lowest BCUT2D eigenvalue weighted by molar-refractivity contribution is -0.112. The summed E-state index contributed by atoms with van der Waals surface area (Å²) in [7, 11) is 0. The van der Waals surface area contributed by atoms with E-state index in [2.05, 4.69) is 15.9 Å². The molecule has 0 aliphatic rings. The number of carbonyl (C=O) groups excluding carboxylic acids is 1. The fraction of sp³-hybridized carbons (Fsp3) is 0.100. The van der Waals surface area contributed by atoms with Crippen LogP contribution in [0.1, 0.15) is 12.5 Å². The van der Waals surface area contributed by atoms with E-state index in [1.165, 1.54) is 6.92 Å². The molecular weight excluding hydrogens is 216 g/mol. The molecule has 0 aliphatic heterocycles. The Morgan fingerprint density at radius 1 is 1.33 bits per heavy atom. The molecule has 0 aliphatic carbocycles. The van der Waals surface area contributed by atoms with Gasteiger partial charge in [0.2, 0.25) is 0 Å². The Morgan fingerprint density at radius 2 is 1.92 bits per heavy atom. The van der Waals surface area contributed by atoms with Gasteiger partial charge in [-0.2, -0.15) is 0 Å². The van der Waals surface area contributed by atoms with Crippen LogP contribution in [-0.2, 0) is 4.79 Å². The van der Waals surface area contributed by atoms with Gasteiger partial charge in [-0.25, -0.2) is 0 Å². The Kier molecular flexibility index (Phi) is 3.23. The van der Waals surface area contributed by atoms with Crippen LogP contribution in [0.15, 0.2) is 34.8 Å². The highest BCUT2D eigenvalue weighted by Gasteiger charge is 1.96. The fourth-order valence-corrected chi connectivity index (χ4v) is 1.06. The first-order chi connectivity index (χ1) is 5.70. The topological polar surface area (TPSA) is 17.1 Å². The van der Waals surface area contributed by atoms with Crippen LogP contribution < -0.4 is 0 Å². The van der Waals surface area contributed by atoms with Crippen LogP contribution >= 0.6 is 15.9 Å². The van der Waals surface area contributed by atoms with Gasteiger partial charge in [-0.15, -0.1) is 0 Å². The van der Waals surface area contributed by atoms with Crippen molar-refractivity contribution in [1.29, 1.82) is 0 Å². The van der Waals surface area contributed by atoms with Crippen LogP contribution in [0.3, 0.4) is 0 Å². The van der Waals surface area contributed by atoms with Crippen LogP contribution in [0.25, 0.3) is 6.08 Å². The van der Waals surface area contributed by atoms with Gasteiger partial charge in [-0.05, 0) is 34.5 Å². The highest BCUT2D eigenvalue weighted by molar-refractivity contribution is 9.12. The standard InChI is InChI=1S/C10H9BrO/c1-8(12)10(11)7-9-5-3-2-4-6-9/h2-7H,1H3/b10-7-. The van der Waals surface area contributed by atoms with Crippen molar-refractivity contribution in [2.24, 2.45) is 0 Å². The molecule has 0 heterocycles. The number of carbonyl (C=O) groups is 1. The SMILES string of the molecule is CC(=O)/C(Br)=C/c1ccccc1. The average molecular weight is 225 g/mol. The molecule has 1 aromatic carbocycles. The number of halogens is 1. The predicted molar refractivity (Wildman–Crippen MR) is 54.0 cm³/mol. The molecule has 12 heavy (non-hydrogen) atoms. The number of rotatable bonds is 2. The molecule has 0 bridgehead atoms. The Labute approximate surface area is 80.2 Å². The van der Waals surface area contributed by atoms with Crippen molar-refractivity contribution in [1.82, 2.24) is 0 Å². The summed E-state index contributed by atoms with van der Waals surface area (Å²) >= 11 is 3.19. The van der Waals surface area contributed by atoms with Crippen molar-refractivity contribution < 1.29 is 4.79 Å². The largest absolute Gasteiger partial charge is 0.294 e. The Morgan fingerprint density at radius 3 is 2.42 bits per heavy atom. The van der Waals surface area contributed by atoms with Gasteiger partial charge in [0, 0.05) is 0 Å². The van der Waals surface area contributed by atoms with Crippen molar-refractivity contribution in [2.45, 2.75) is 6.92 Å². The molecule has 1 nitrogen and oxygen atoms in total. The van der Waals surface area contributed by atoms with E-state index in [4.69, 9.17) is 0 Å². The molecule has 0 unspecified atom stereocenters. The Hall–Kier alpha value is -0.890. The lowest BCUT2D eigenvalue weighted by atomic mass is 10.2. The first kappa shape index (κ1) is 9.20. The first-order valence-corrected chi connectivity index (χ1v) is 4.42. The maximum Gasteiger partial charge on any atom is 0.166 e. The first-order valence-electron chi connectivity index (χ1n) is 3.63. The van der Waals surface area contributed by atoms with Crippen LogP contribution in [0.2, 0.25) is 0 Å². The zero-order valence-corrected chi connectivity index (χ0v) is 8.34. The van der Waals surface area contributed by atoms with E-state index in [1.54, 1.807) is 0 Å². The molecular formula is C10H9BrO. The molecule has 0 saturated heterocycles. The van der Waals surface area contributed by atoms with Gasteiger partial charge in [0.25, 0.3) is 0 Å². The number of hydrogen-bond acceptors (Lipinski definition) is 1. The van der Waals surface area contributed by atoms with Gasteiger partial charge in [-0.1, -0.05) is 30.3 Å². The summed E-state index contributed by atoms with van der Waals surface area (Å²) in [4.78, 5) is 10.8. The Balaban J connectivity index is 2.89. The van der Waals surface area contributed by atoms with Gasteiger partial charge < -0.3 is 0 Å². The van der Waals surface area contributed by atoms with E-state index in [1.807, 2.05) is 36.4 Å². The maximum atomic E-state index is 10.8. The van der Waals surface area contributed by atoms with E-state index in [-0.39, 0.29) is 5.78 Å². The highest BCUT2D eigenvalue weighted by atomic mass is 79.9. The minimum Gasteiger partial charge on any atom is -0.294 e. The van der Waals surface area contributed by atoms with Crippen molar-refractivity contribution >= 4 is 27.8 Å². The van der Waals surface area contributed by atoms with E-state index < -0.39 is 0 Å². The number of hydrogen-bond donors (Lipinski definition) is 0. The number of benzene rings is 1. The van der Waals surface area contributed by atoms with Crippen molar-refractivity contribution in [2.75, 3.05) is 0 Å². The molecule has 0 spiro atoms. The molecule has 1 aromatic rings. The smallest absolute Gasteiger partial charge is 0.166 e. The summed E-state index contributed by atoms with van der Waals surface area (Å²) in [5.74, 6) is 0.0406. The van der Waals surface area contributed by atoms with Gasteiger partial charge >= 0.3 is 0 Å². The van der Waals surface area contributed by atoms with Gasteiger partial charge in [0.15, 0.2) is 5.78 Å². The second kappa shape index (κ2) is 4.21. The third kappa shape index (κ3) is 2.62. The predicted octanol–water partition coefficient (Wildman–Crippen LogP) is 3.01. The van der Waals surface area contributed by atoms with Gasteiger partial charge in [-0.3, -0.25) is 4.79 Å². The molecule has 0 fully saturated rings. The Bertz CT molecular complexity index is 301. The molecule has 0 saturated carbocycles. The van der Waals surface area contributed by atoms with E-state index in [0.29, 0.717) is 4.48 Å². The summed E-state index contributed by atoms with van der Waals surface area (Å²) in [6.45, 7) is 1.53. The van der Waals surface area contributed by atoms with Crippen molar-refractivity contribution in [3.8, 4) is 0 Å². The summed E-state index contributed by atoms with van der Waals surface area (Å²) in [6, 6.07) is 9.71. The van der Waals surface area contributed by atoms with Crippen LogP contribution in [0, 0.1) is 0 Å². The second-order valence-corrected chi connectivity index (χ2v) is 3.31. The molecule has 1 rings (SSSR count). The minimum atomic E-state index is 0.0406. The molecule has 0 N–H and O–H groups in total. The average Bonchev–Trinajstić information content (AvgIpc) is 2.06. The van der Waals surface area contributed by atoms with Gasteiger partial charge in [0.05, 0.1) is 4.48 Å². The quantitative estimate of drug-likeness (QED) is 0.707. The number of Topliss-reactive ketones (excluding diaryl/α,β-unsaturated/α-hetero) is 1. The molecule has 0 radical (unpaired) electrons. The highest BCUT2D eigenvalue weighted by Crippen LogP contribution is 2.12. The lowest BCUT2D eigenvalue weighted by Gasteiger charge is -1.93. The molecule has 62 valence electrons. The molecule has 0 aromatic heterocycles. The normalized spacial score (nSPS) is 11.3. The van der Waals surface area contributed by atoms with Crippen molar-refractivity contribution in [3.63, 3.8) is 0 Å². The summed E-state index contributed by atoms with van der Waals surface area (Å²) in [5.41, 5.74) is 1.03.